The molecule has 7 heteroatoms. The largest absolute Gasteiger partial charge is 0.496 e. The lowest BCUT2D eigenvalue weighted by molar-refractivity contribution is -0.135. The van der Waals surface area contributed by atoms with Gasteiger partial charge in [0.25, 0.3) is 0 Å². The quantitative estimate of drug-likeness (QED) is 0.729. The maximum atomic E-state index is 12.6. The van der Waals surface area contributed by atoms with Crippen molar-refractivity contribution in [3.8, 4) is 5.75 Å². The minimum absolute atomic E-state index is 0.00877. The molecular formula is C19H24N4O3. The molecule has 0 bridgehead atoms. The van der Waals surface area contributed by atoms with Crippen LogP contribution >= 0.6 is 0 Å². The van der Waals surface area contributed by atoms with Crippen LogP contribution in [-0.2, 0) is 22.7 Å². The summed E-state index contributed by atoms with van der Waals surface area (Å²) >= 11 is 0. The van der Waals surface area contributed by atoms with Crippen molar-refractivity contribution >= 4 is 11.8 Å². The van der Waals surface area contributed by atoms with Crippen molar-refractivity contribution in [1.82, 2.24) is 19.8 Å². The Bertz CT molecular complexity index is 745. The number of ether oxygens (including phenoxy) is 1. The number of hydrogen-bond donors (Lipinski definition) is 1. The third-order valence-electron chi connectivity index (χ3n) is 4.62. The molecule has 1 aromatic carbocycles. The summed E-state index contributed by atoms with van der Waals surface area (Å²) in [5.41, 5.74) is 0.906. The van der Waals surface area contributed by atoms with Crippen molar-refractivity contribution in [3.05, 3.63) is 48.5 Å². The first-order valence-corrected chi connectivity index (χ1v) is 8.84. The Balaban J connectivity index is 1.55. The van der Waals surface area contributed by atoms with Gasteiger partial charge >= 0.3 is 0 Å². The zero-order chi connectivity index (χ0) is 18.4. The lowest BCUT2D eigenvalue weighted by Crippen LogP contribution is -2.44. The SMILES string of the molecule is COc1ccccc1CN1C(=O)CC[C@H]1C(=O)NCCCn1ccnc1. The van der Waals surface area contributed by atoms with Crippen LogP contribution in [0.1, 0.15) is 24.8 Å². The lowest BCUT2D eigenvalue weighted by atomic mass is 10.1. The predicted octanol–water partition coefficient (Wildman–Crippen LogP) is 1.59. The van der Waals surface area contributed by atoms with Crippen LogP contribution in [0.4, 0.5) is 0 Å². The molecule has 1 aliphatic heterocycles. The van der Waals surface area contributed by atoms with Gasteiger partial charge in [-0.25, -0.2) is 4.98 Å². The molecule has 7 nitrogen and oxygen atoms in total. The number of para-hydroxylation sites is 1. The van der Waals surface area contributed by atoms with Crippen LogP contribution < -0.4 is 10.1 Å². The molecule has 1 N–H and O–H groups in total. The van der Waals surface area contributed by atoms with E-state index in [0.717, 1.165) is 24.3 Å². The molecule has 1 atom stereocenters. The molecule has 1 aliphatic rings. The molecule has 0 unspecified atom stereocenters. The number of aryl methyl sites for hydroxylation is 1. The minimum Gasteiger partial charge on any atom is -0.496 e. The van der Waals surface area contributed by atoms with Gasteiger partial charge in [-0.15, -0.1) is 0 Å². The smallest absolute Gasteiger partial charge is 0.242 e. The summed E-state index contributed by atoms with van der Waals surface area (Å²) in [7, 11) is 1.61. The van der Waals surface area contributed by atoms with Gasteiger partial charge in [-0.05, 0) is 18.9 Å². The molecule has 1 aromatic heterocycles. The van der Waals surface area contributed by atoms with E-state index in [-0.39, 0.29) is 11.8 Å². The van der Waals surface area contributed by atoms with E-state index in [4.69, 9.17) is 4.74 Å². The minimum atomic E-state index is -0.416. The number of rotatable bonds is 8. The summed E-state index contributed by atoms with van der Waals surface area (Å²) in [6.45, 7) is 1.76. The van der Waals surface area contributed by atoms with Gasteiger partial charge in [0, 0.05) is 37.5 Å². The van der Waals surface area contributed by atoms with E-state index >= 15 is 0 Å². The highest BCUT2D eigenvalue weighted by atomic mass is 16.5. The van der Waals surface area contributed by atoms with Crippen LogP contribution in [0.2, 0.25) is 0 Å². The van der Waals surface area contributed by atoms with Gasteiger partial charge in [0.15, 0.2) is 0 Å². The molecule has 0 spiro atoms. The number of carbonyl (C=O) groups is 2. The Morgan fingerprint density at radius 1 is 1.38 bits per heavy atom. The number of amides is 2. The van der Waals surface area contributed by atoms with Crippen molar-refractivity contribution in [3.63, 3.8) is 0 Å². The first-order valence-electron chi connectivity index (χ1n) is 8.84. The van der Waals surface area contributed by atoms with Crippen molar-refractivity contribution in [2.24, 2.45) is 0 Å². The molecule has 2 amide bonds. The number of likely N-dealkylation sites (tertiary alicyclic amines) is 1. The fourth-order valence-electron chi connectivity index (χ4n) is 3.23. The van der Waals surface area contributed by atoms with Crippen LogP contribution in [0.5, 0.6) is 5.75 Å². The number of carbonyl (C=O) groups excluding carboxylic acids is 2. The summed E-state index contributed by atoms with van der Waals surface area (Å²) in [5, 5.41) is 2.95. The van der Waals surface area contributed by atoms with E-state index in [9.17, 15) is 9.59 Å². The van der Waals surface area contributed by atoms with Crippen molar-refractivity contribution in [2.75, 3.05) is 13.7 Å². The fourth-order valence-corrected chi connectivity index (χ4v) is 3.23. The highest BCUT2D eigenvalue weighted by Gasteiger charge is 2.36. The van der Waals surface area contributed by atoms with Crippen molar-refractivity contribution < 1.29 is 14.3 Å². The van der Waals surface area contributed by atoms with E-state index in [0.29, 0.717) is 25.9 Å². The van der Waals surface area contributed by atoms with Gasteiger partial charge in [0.1, 0.15) is 11.8 Å². The third kappa shape index (κ3) is 4.22. The summed E-state index contributed by atoms with van der Waals surface area (Å²) in [5.74, 6) is 0.651. The average Bonchev–Trinajstić information content (AvgIpc) is 3.30. The van der Waals surface area contributed by atoms with Crippen LogP contribution in [-0.4, -0.2) is 46.0 Å². The molecule has 0 saturated carbocycles. The van der Waals surface area contributed by atoms with Gasteiger partial charge in [-0.1, -0.05) is 18.2 Å². The highest BCUT2D eigenvalue weighted by molar-refractivity contribution is 5.90. The summed E-state index contributed by atoms with van der Waals surface area (Å²) in [4.78, 5) is 30.5. The van der Waals surface area contributed by atoms with Crippen LogP contribution in [0.3, 0.4) is 0 Å². The second-order valence-electron chi connectivity index (χ2n) is 6.33. The Hall–Kier alpha value is -2.83. The van der Waals surface area contributed by atoms with Crippen LogP contribution in [0.15, 0.2) is 43.0 Å². The lowest BCUT2D eigenvalue weighted by Gasteiger charge is -2.25. The summed E-state index contributed by atoms with van der Waals surface area (Å²) in [6.07, 6.45) is 7.16. The molecule has 1 saturated heterocycles. The highest BCUT2D eigenvalue weighted by Crippen LogP contribution is 2.25. The van der Waals surface area contributed by atoms with E-state index < -0.39 is 6.04 Å². The first-order chi connectivity index (χ1) is 12.7. The number of aromatic nitrogens is 2. The van der Waals surface area contributed by atoms with Crippen molar-refractivity contribution in [1.29, 1.82) is 0 Å². The number of imidazole rings is 1. The molecular weight excluding hydrogens is 332 g/mol. The van der Waals surface area contributed by atoms with Gasteiger partial charge in [-0.2, -0.15) is 0 Å². The third-order valence-corrected chi connectivity index (χ3v) is 4.62. The second-order valence-corrected chi connectivity index (χ2v) is 6.33. The second kappa shape index (κ2) is 8.51. The van der Waals surface area contributed by atoms with Crippen LogP contribution in [0, 0.1) is 0 Å². The number of nitrogens with zero attached hydrogens (tertiary/aromatic N) is 3. The number of hydrogen-bond acceptors (Lipinski definition) is 4. The molecule has 0 radical (unpaired) electrons. The van der Waals surface area contributed by atoms with Gasteiger partial charge in [-0.3, -0.25) is 9.59 Å². The Morgan fingerprint density at radius 2 is 2.23 bits per heavy atom. The molecule has 138 valence electrons. The topological polar surface area (TPSA) is 76.5 Å². The first kappa shape index (κ1) is 18.0. The fraction of sp³-hybridized carbons (Fsp3) is 0.421. The predicted molar refractivity (Wildman–Crippen MR) is 96.4 cm³/mol. The Labute approximate surface area is 153 Å². The normalized spacial score (nSPS) is 16.7. The van der Waals surface area contributed by atoms with E-state index in [2.05, 4.69) is 10.3 Å². The van der Waals surface area contributed by atoms with E-state index in [1.807, 2.05) is 35.0 Å². The standard InChI is InChI=1S/C19H24N4O3/c1-26-17-6-3-2-5-15(17)13-23-16(7-8-18(23)24)19(25)21-9-4-11-22-12-10-20-14-22/h2-3,5-6,10,12,14,16H,4,7-9,11,13H2,1H3,(H,21,25)/t16-/m0/s1. The summed E-state index contributed by atoms with van der Waals surface area (Å²) < 4.78 is 7.33. The molecule has 1 fully saturated rings. The molecule has 2 aromatic rings. The Kier molecular flexibility index (Phi) is 5.88. The number of methoxy groups -OCH3 is 1. The maximum Gasteiger partial charge on any atom is 0.242 e. The van der Waals surface area contributed by atoms with Gasteiger partial charge < -0.3 is 19.5 Å². The van der Waals surface area contributed by atoms with Gasteiger partial charge in [0.2, 0.25) is 11.8 Å². The molecule has 26 heavy (non-hydrogen) atoms. The molecule has 2 heterocycles. The van der Waals surface area contributed by atoms with Crippen LogP contribution in [0.25, 0.3) is 0 Å². The Morgan fingerprint density at radius 3 is 3.00 bits per heavy atom. The summed E-state index contributed by atoms with van der Waals surface area (Å²) in [6, 6.07) is 7.16. The number of nitrogens with one attached hydrogen (secondary N) is 1. The van der Waals surface area contributed by atoms with Crippen molar-refractivity contribution in [2.45, 2.75) is 38.4 Å². The monoisotopic (exact) mass is 356 g/mol. The molecule has 0 aliphatic carbocycles. The zero-order valence-corrected chi connectivity index (χ0v) is 14.9. The van der Waals surface area contributed by atoms with E-state index in [1.54, 1.807) is 24.5 Å². The molecule has 3 rings (SSSR count). The van der Waals surface area contributed by atoms with E-state index in [1.165, 1.54) is 0 Å². The zero-order valence-electron chi connectivity index (χ0n) is 14.9. The number of benzene rings is 1. The van der Waals surface area contributed by atoms with Gasteiger partial charge in [0.05, 0.1) is 20.0 Å². The average molecular weight is 356 g/mol. The maximum absolute atomic E-state index is 12.6.